The van der Waals surface area contributed by atoms with Gasteiger partial charge < -0.3 is 10.1 Å². The number of aryl methyl sites for hydroxylation is 1. The first-order valence-corrected chi connectivity index (χ1v) is 10.3. The number of rotatable bonds is 6. The lowest BCUT2D eigenvalue weighted by Gasteiger charge is -2.12. The second-order valence-corrected chi connectivity index (χ2v) is 7.73. The summed E-state index contributed by atoms with van der Waals surface area (Å²) in [6, 6.07) is 10.4. The lowest BCUT2D eigenvalue weighted by atomic mass is 10.2. The number of benzene rings is 2. The fourth-order valence-electron chi connectivity index (χ4n) is 3.11. The first-order chi connectivity index (χ1) is 15.2. The summed E-state index contributed by atoms with van der Waals surface area (Å²) >= 11 is 12.3. The summed E-state index contributed by atoms with van der Waals surface area (Å²) in [5.41, 5.74) is 1.71. The van der Waals surface area contributed by atoms with E-state index in [0.29, 0.717) is 50.5 Å². The molecule has 32 heavy (non-hydrogen) atoms. The third-order valence-corrected chi connectivity index (χ3v) is 4.83. The fraction of sp³-hybridized carbons (Fsp3) is 0.190. The Hall–Kier alpha value is -3.04. The van der Waals surface area contributed by atoms with E-state index >= 15 is 0 Å². The smallest absolute Gasteiger partial charge is 0.406 e. The summed E-state index contributed by atoms with van der Waals surface area (Å²) < 4.78 is 42.7. The van der Waals surface area contributed by atoms with Crippen LogP contribution in [0.25, 0.3) is 16.7 Å². The number of ether oxygens (including phenoxy) is 1. The number of nitrogens with one attached hydrogen (secondary N) is 1. The second kappa shape index (κ2) is 8.84. The molecular formula is C21H16Cl2F3N5O. The van der Waals surface area contributed by atoms with Crippen LogP contribution in [0.4, 0.5) is 24.7 Å². The van der Waals surface area contributed by atoms with E-state index in [-0.39, 0.29) is 5.75 Å². The van der Waals surface area contributed by atoms with Crippen molar-refractivity contribution in [2.75, 3.05) is 5.32 Å². The van der Waals surface area contributed by atoms with E-state index in [4.69, 9.17) is 23.2 Å². The predicted molar refractivity (Wildman–Crippen MR) is 117 cm³/mol. The number of alkyl halides is 3. The zero-order valence-corrected chi connectivity index (χ0v) is 18.1. The van der Waals surface area contributed by atoms with E-state index in [1.807, 2.05) is 6.92 Å². The van der Waals surface area contributed by atoms with Crippen LogP contribution in [0, 0.1) is 0 Å². The van der Waals surface area contributed by atoms with Gasteiger partial charge in [-0.05, 0) is 48.9 Å². The highest BCUT2D eigenvalue weighted by Gasteiger charge is 2.31. The van der Waals surface area contributed by atoms with Crippen LogP contribution in [0.5, 0.6) is 5.75 Å². The van der Waals surface area contributed by atoms with Gasteiger partial charge in [0.15, 0.2) is 5.65 Å². The Kier molecular flexibility index (Phi) is 6.12. The topological polar surface area (TPSA) is 64.9 Å². The lowest BCUT2D eigenvalue weighted by Crippen LogP contribution is -2.17. The van der Waals surface area contributed by atoms with Crippen LogP contribution in [0.1, 0.15) is 19.2 Å². The minimum Gasteiger partial charge on any atom is -0.406 e. The average molecular weight is 482 g/mol. The fourth-order valence-corrected chi connectivity index (χ4v) is 3.63. The number of hydrogen-bond donors (Lipinski definition) is 1. The molecule has 0 bridgehead atoms. The van der Waals surface area contributed by atoms with Crippen LogP contribution in [-0.4, -0.2) is 26.1 Å². The van der Waals surface area contributed by atoms with Gasteiger partial charge in [0.25, 0.3) is 0 Å². The Morgan fingerprint density at radius 1 is 1.03 bits per heavy atom. The minimum absolute atomic E-state index is 0.312. The third kappa shape index (κ3) is 5.05. The standard InChI is InChI=1S/C21H16Cl2F3N5O/c1-2-3-18-29-19(28-14-4-6-16(7-5-14)32-21(24,25)26)17-11-27-31(20(17)30-18)15-9-12(22)8-13(23)10-15/h4-11H,2-3H2,1H3,(H,28,29,30). The van der Waals surface area contributed by atoms with Gasteiger partial charge in [-0.2, -0.15) is 5.10 Å². The van der Waals surface area contributed by atoms with E-state index < -0.39 is 6.36 Å². The molecule has 166 valence electrons. The summed E-state index contributed by atoms with van der Waals surface area (Å²) in [6.07, 6.45) is -1.69. The van der Waals surface area contributed by atoms with Crippen LogP contribution in [-0.2, 0) is 6.42 Å². The molecule has 0 aliphatic carbocycles. The summed E-state index contributed by atoms with van der Waals surface area (Å²) in [6.45, 7) is 2.01. The average Bonchev–Trinajstić information content (AvgIpc) is 3.12. The highest BCUT2D eigenvalue weighted by atomic mass is 35.5. The number of nitrogens with zero attached hydrogens (tertiary/aromatic N) is 4. The Morgan fingerprint density at radius 2 is 1.72 bits per heavy atom. The maximum absolute atomic E-state index is 12.4. The van der Waals surface area contributed by atoms with E-state index in [2.05, 4.69) is 25.1 Å². The van der Waals surface area contributed by atoms with Gasteiger partial charge in [0.05, 0.1) is 17.3 Å². The number of hydrogen-bond acceptors (Lipinski definition) is 5. The number of aromatic nitrogens is 4. The molecule has 0 atom stereocenters. The van der Waals surface area contributed by atoms with Crippen LogP contribution >= 0.6 is 23.2 Å². The lowest BCUT2D eigenvalue weighted by molar-refractivity contribution is -0.274. The molecule has 2 aromatic heterocycles. The minimum atomic E-state index is -4.75. The molecule has 1 N–H and O–H groups in total. The van der Waals surface area contributed by atoms with E-state index in [9.17, 15) is 13.2 Å². The highest BCUT2D eigenvalue weighted by Crippen LogP contribution is 2.30. The molecule has 0 spiro atoms. The Bertz CT molecular complexity index is 1240. The van der Waals surface area contributed by atoms with Crippen molar-refractivity contribution in [2.24, 2.45) is 0 Å². The quantitative estimate of drug-likeness (QED) is 0.331. The highest BCUT2D eigenvalue weighted by molar-refractivity contribution is 6.34. The van der Waals surface area contributed by atoms with Crippen molar-refractivity contribution in [2.45, 2.75) is 26.1 Å². The maximum atomic E-state index is 12.4. The third-order valence-electron chi connectivity index (χ3n) is 4.39. The molecule has 2 aromatic carbocycles. The van der Waals surface area contributed by atoms with Crippen molar-refractivity contribution in [1.82, 2.24) is 19.7 Å². The monoisotopic (exact) mass is 481 g/mol. The normalized spacial score (nSPS) is 11.7. The first-order valence-electron chi connectivity index (χ1n) is 9.56. The summed E-state index contributed by atoms with van der Waals surface area (Å²) in [5, 5.41) is 9.08. The Labute approximate surface area is 191 Å². The molecule has 0 aliphatic heterocycles. The van der Waals surface area contributed by atoms with Crippen LogP contribution in [0.3, 0.4) is 0 Å². The zero-order chi connectivity index (χ0) is 22.9. The molecule has 0 saturated heterocycles. The molecule has 2 heterocycles. The number of halogens is 5. The summed E-state index contributed by atoms with van der Waals surface area (Å²) in [4.78, 5) is 9.21. The van der Waals surface area contributed by atoms with Crippen molar-refractivity contribution >= 4 is 45.7 Å². The molecule has 0 amide bonds. The molecule has 0 aliphatic rings. The zero-order valence-electron chi connectivity index (χ0n) is 16.6. The van der Waals surface area contributed by atoms with E-state index in [0.717, 1.165) is 6.42 Å². The summed E-state index contributed by atoms with van der Waals surface area (Å²) in [7, 11) is 0. The van der Waals surface area contributed by atoms with Crippen molar-refractivity contribution < 1.29 is 17.9 Å². The van der Waals surface area contributed by atoms with E-state index in [1.54, 1.807) is 29.1 Å². The van der Waals surface area contributed by atoms with Crippen LogP contribution in [0.2, 0.25) is 10.0 Å². The predicted octanol–water partition coefficient (Wildman–Crippen LogP) is 6.72. The molecule has 0 fully saturated rings. The first kappa shape index (κ1) is 22.2. The van der Waals surface area contributed by atoms with Crippen molar-refractivity contribution in [3.8, 4) is 11.4 Å². The van der Waals surface area contributed by atoms with Crippen LogP contribution in [0.15, 0.2) is 48.7 Å². The molecular weight excluding hydrogens is 466 g/mol. The van der Waals surface area contributed by atoms with Gasteiger partial charge >= 0.3 is 6.36 Å². The Morgan fingerprint density at radius 3 is 2.34 bits per heavy atom. The molecule has 6 nitrogen and oxygen atoms in total. The van der Waals surface area contributed by atoms with Gasteiger partial charge in [-0.25, -0.2) is 14.6 Å². The molecule has 0 unspecified atom stereocenters. The van der Waals surface area contributed by atoms with Gasteiger partial charge in [0, 0.05) is 22.2 Å². The van der Waals surface area contributed by atoms with Crippen molar-refractivity contribution in [1.29, 1.82) is 0 Å². The molecule has 11 heteroatoms. The summed E-state index contributed by atoms with van der Waals surface area (Å²) in [5.74, 6) is 0.755. The van der Waals surface area contributed by atoms with Crippen molar-refractivity contribution in [3.05, 3.63) is 64.5 Å². The van der Waals surface area contributed by atoms with Gasteiger partial charge in [0.2, 0.25) is 0 Å². The second-order valence-electron chi connectivity index (χ2n) is 6.86. The van der Waals surface area contributed by atoms with Crippen molar-refractivity contribution in [3.63, 3.8) is 0 Å². The van der Waals surface area contributed by atoms with Crippen LogP contribution < -0.4 is 10.1 Å². The number of fused-ring (bicyclic) bond motifs is 1. The van der Waals surface area contributed by atoms with Gasteiger partial charge in [-0.3, -0.25) is 0 Å². The van der Waals surface area contributed by atoms with Gasteiger partial charge in [-0.15, -0.1) is 13.2 Å². The van der Waals surface area contributed by atoms with E-state index in [1.165, 1.54) is 24.3 Å². The Balaban J connectivity index is 1.73. The molecule has 4 aromatic rings. The van der Waals surface area contributed by atoms with Gasteiger partial charge in [0.1, 0.15) is 17.4 Å². The maximum Gasteiger partial charge on any atom is 0.573 e. The largest absolute Gasteiger partial charge is 0.573 e. The molecule has 0 saturated carbocycles. The molecule has 0 radical (unpaired) electrons. The van der Waals surface area contributed by atoms with Gasteiger partial charge in [-0.1, -0.05) is 30.1 Å². The number of anilines is 2. The SMILES string of the molecule is CCCc1nc(Nc2ccc(OC(F)(F)F)cc2)c2cnn(-c3cc(Cl)cc(Cl)c3)c2n1. The molecule has 4 rings (SSSR count).